The highest BCUT2D eigenvalue weighted by Gasteiger charge is 2.21. The molecule has 0 radical (unpaired) electrons. The number of carbonyl (C=O) groups is 1. The second kappa shape index (κ2) is 6.60. The van der Waals surface area contributed by atoms with Crippen LogP contribution in [0.4, 0.5) is 0 Å². The van der Waals surface area contributed by atoms with Crippen molar-refractivity contribution in [3.8, 4) is 17.2 Å². The summed E-state index contributed by atoms with van der Waals surface area (Å²) in [6.07, 6.45) is 5.29. The van der Waals surface area contributed by atoms with Crippen LogP contribution in [0.15, 0.2) is 35.1 Å². The van der Waals surface area contributed by atoms with Crippen LogP contribution in [0.5, 0.6) is 5.75 Å². The minimum atomic E-state index is -0.519. The van der Waals surface area contributed by atoms with E-state index in [-0.39, 0.29) is 5.91 Å². The molecule has 1 heterocycles. The summed E-state index contributed by atoms with van der Waals surface area (Å²) >= 11 is 0. The van der Waals surface area contributed by atoms with E-state index in [0.29, 0.717) is 17.7 Å². The molecule has 1 N–H and O–H groups in total. The van der Waals surface area contributed by atoms with E-state index in [4.69, 9.17) is 9.15 Å². The molecular weight excluding hydrogens is 282 g/mol. The molecule has 0 spiro atoms. The Balaban J connectivity index is 1.56. The number of nitrogens with one attached hydrogen (secondary N) is 1. The largest absolute Gasteiger partial charge is 0.481 e. The van der Waals surface area contributed by atoms with Crippen molar-refractivity contribution in [1.82, 2.24) is 15.5 Å². The van der Waals surface area contributed by atoms with Gasteiger partial charge in [0, 0.05) is 11.6 Å². The summed E-state index contributed by atoms with van der Waals surface area (Å²) in [5.41, 5.74) is 0.813. The van der Waals surface area contributed by atoms with Gasteiger partial charge in [-0.15, -0.1) is 10.2 Å². The fraction of sp³-hybridized carbons (Fsp3) is 0.438. The van der Waals surface area contributed by atoms with Crippen LogP contribution in [0.1, 0.15) is 32.6 Å². The molecule has 3 rings (SSSR count). The number of rotatable bonds is 5. The first-order chi connectivity index (χ1) is 10.7. The van der Waals surface area contributed by atoms with Gasteiger partial charge in [0.15, 0.2) is 6.10 Å². The monoisotopic (exact) mass is 301 g/mol. The van der Waals surface area contributed by atoms with Gasteiger partial charge in [-0.1, -0.05) is 12.8 Å². The van der Waals surface area contributed by atoms with E-state index in [0.717, 1.165) is 18.4 Å². The Bertz CT molecular complexity index is 604. The molecule has 2 aromatic rings. The highest BCUT2D eigenvalue weighted by molar-refractivity contribution is 5.81. The lowest BCUT2D eigenvalue weighted by Crippen LogP contribution is -2.41. The summed E-state index contributed by atoms with van der Waals surface area (Å²) in [6.45, 7) is 1.76. The van der Waals surface area contributed by atoms with E-state index >= 15 is 0 Å². The second-order valence-corrected chi connectivity index (χ2v) is 5.52. The number of nitrogens with zero attached hydrogens (tertiary/aromatic N) is 2. The summed E-state index contributed by atoms with van der Waals surface area (Å²) in [6, 6.07) is 7.53. The van der Waals surface area contributed by atoms with Crippen molar-refractivity contribution in [2.45, 2.75) is 44.8 Å². The number of hydrogen-bond acceptors (Lipinski definition) is 5. The molecule has 0 aliphatic heterocycles. The maximum atomic E-state index is 12.1. The summed E-state index contributed by atoms with van der Waals surface area (Å²) < 4.78 is 10.8. The van der Waals surface area contributed by atoms with Crippen LogP contribution in [0.3, 0.4) is 0 Å². The molecule has 22 heavy (non-hydrogen) atoms. The smallest absolute Gasteiger partial charge is 0.260 e. The maximum absolute atomic E-state index is 12.1. The molecule has 1 aliphatic rings. The first-order valence-electron chi connectivity index (χ1n) is 7.56. The van der Waals surface area contributed by atoms with Gasteiger partial charge in [0.25, 0.3) is 5.91 Å². The number of benzene rings is 1. The Morgan fingerprint density at radius 3 is 2.68 bits per heavy atom. The Morgan fingerprint density at radius 1 is 1.32 bits per heavy atom. The van der Waals surface area contributed by atoms with Crippen LogP contribution in [0.25, 0.3) is 11.5 Å². The molecule has 116 valence electrons. The van der Waals surface area contributed by atoms with Crippen LogP contribution in [0, 0.1) is 0 Å². The fourth-order valence-corrected chi connectivity index (χ4v) is 2.62. The van der Waals surface area contributed by atoms with E-state index in [9.17, 15) is 4.79 Å². The molecule has 1 atom stereocenters. The van der Waals surface area contributed by atoms with Crippen molar-refractivity contribution in [2.24, 2.45) is 0 Å². The van der Waals surface area contributed by atoms with Crippen molar-refractivity contribution in [3.05, 3.63) is 30.7 Å². The molecule has 6 nitrogen and oxygen atoms in total. The van der Waals surface area contributed by atoms with Gasteiger partial charge >= 0.3 is 0 Å². The summed E-state index contributed by atoms with van der Waals surface area (Å²) in [7, 11) is 0. The number of carbonyl (C=O) groups excluding carboxylic acids is 1. The minimum absolute atomic E-state index is 0.0622. The lowest BCUT2D eigenvalue weighted by Gasteiger charge is -2.18. The van der Waals surface area contributed by atoms with Gasteiger partial charge in [-0.2, -0.15) is 0 Å². The maximum Gasteiger partial charge on any atom is 0.260 e. The topological polar surface area (TPSA) is 77.2 Å². The van der Waals surface area contributed by atoms with Crippen LogP contribution >= 0.6 is 0 Å². The molecule has 1 amide bonds. The first-order valence-corrected chi connectivity index (χ1v) is 7.56. The average Bonchev–Trinajstić information content (AvgIpc) is 3.21. The van der Waals surface area contributed by atoms with Gasteiger partial charge in [-0.05, 0) is 44.0 Å². The van der Waals surface area contributed by atoms with E-state index in [1.54, 1.807) is 19.1 Å². The quantitative estimate of drug-likeness (QED) is 0.918. The Labute approximate surface area is 128 Å². The molecule has 0 bridgehead atoms. The van der Waals surface area contributed by atoms with Gasteiger partial charge in [0.2, 0.25) is 12.3 Å². The predicted octanol–water partition coefficient (Wildman–Crippen LogP) is 2.56. The van der Waals surface area contributed by atoms with Crippen LogP contribution in [-0.2, 0) is 4.79 Å². The summed E-state index contributed by atoms with van der Waals surface area (Å²) in [4.78, 5) is 12.1. The number of ether oxygens (including phenoxy) is 1. The Morgan fingerprint density at radius 2 is 2.05 bits per heavy atom. The molecular formula is C16H19N3O3. The lowest BCUT2D eigenvalue weighted by molar-refractivity contribution is -0.127. The molecule has 1 fully saturated rings. The fourth-order valence-electron chi connectivity index (χ4n) is 2.62. The molecule has 1 saturated carbocycles. The third kappa shape index (κ3) is 3.44. The zero-order valence-electron chi connectivity index (χ0n) is 12.5. The van der Waals surface area contributed by atoms with Crippen molar-refractivity contribution in [2.75, 3.05) is 0 Å². The van der Waals surface area contributed by atoms with Crippen molar-refractivity contribution in [1.29, 1.82) is 0 Å². The Kier molecular flexibility index (Phi) is 4.37. The zero-order chi connectivity index (χ0) is 15.4. The van der Waals surface area contributed by atoms with Gasteiger partial charge in [0.1, 0.15) is 5.75 Å². The zero-order valence-corrected chi connectivity index (χ0v) is 12.5. The lowest BCUT2D eigenvalue weighted by atomic mass is 10.2. The first kappa shape index (κ1) is 14.6. The third-order valence-corrected chi connectivity index (χ3v) is 3.84. The van der Waals surface area contributed by atoms with Gasteiger partial charge in [-0.3, -0.25) is 4.79 Å². The summed E-state index contributed by atoms with van der Waals surface area (Å²) in [5, 5.41) is 10.5. The number of aromatic nitrogens is 2. The van der Waals surface area contributed by atoms with Crippen molar-refractivity contribution >= 4 is 5.91 Å². The van der Waals surface area contributed by atoms with Crippen LogP contribution in [-0.4, -0.2) is 28.3 Å². The van der Waals surface area contributed by atoms with Gasteiger partial charge in [-0.25, -0.2) is 0 Å². The predicted molar refractivity (Wildman–Crippen MR) is 80.2 cm³/mol. The highest BCUT2D eigenvalue weighted by Crippen LogP contribution is 2.21. The van der Waals surface area contributed by atoms with E-state index < -0.39 is 6.10 Å². The highest BCUT2D eigenvalue weighted by atomic mass is 16.5. The minimum Gasteiger partial charge on any atom is -0.481 e. The van der Waals surface area contributed by atoms with E-state index in [2.05, 4.69) is 15.5 Å². The summed E-state index contributed by atoms with van der Waals surface area (Å²) in [5.74, 6) is 1.03. The molecule has 0 saturated heterocycles. The normalized spacial score (nSPS) is 16.4. The van der Waals surface area contributed by atoms with Crippen molar-refractivity contribution in [3.63, 3.8) is 0 Å². The molecule has 1 aliphatic carbocycles. The second-order valence-electron chi connectivity index (χ2n) is 5.52. The molecule has 1 aromatic carbocycles. The third-order valence-electron chi connectivity index (χ3n) is 3.84. The molecule has 6 heteroatoms. The SMILES string of the molecule is C[C@H](Oc1ccc(-c2nnco2)cc1)C(=O)NC1CCCC1. The Hall–Kier alpha value is -2.37. The van der Waals surface area contributed by atoms with E-state index in [1.807, 2.05) is 12.1 Å². The van der Waals surface area contributed by atoms with Crippen LogP contribution in [0.2, 0.25) is 0 Å². The molecule has 1 aromatic heterocycles. The standard InChI is InChI=1S/C16H19N3O3/c1-11(15(20)18-13-4-2-3-5-13)22-14-8-6-12(7-9-14)16-19-17-10-21-16/h6-11,13H,2-5H2,1H3,(H,18,20)/t11-/m0/s1. The van der Waals surface area contributed by atoms with Gasteiger partial charge < -0.3 is 14.5 Å². The average molecular weight is 301 g/mol. The van der Waals surface area contributed by atoms with E-state index in [1.165, 1.54) is 19.2 Å². The van der Waals surface area contributed by atoms with Crippen molar-refractivity contribution < 1.29 is 13.9 Å². The van der Waals surface area contributed by atoms with Gasteiger partial charge in [0.05, 0.1) is 0 Å². The van der Waals surface area contributed by atoms with Crippen LogP contribution < -0.4 is 10.1 Å². The number of amides is 1. The molecule has 0 unspecified atom stereocenters. The number of hydrogen-bond donors (Lipinski definition) is 1.